The first kappa shape index (κ1) is 15.4. The number of nitrogens with two attached hydrogens (primary N) is 1. The molecule has 1 aliphatic heterocycles. The van der Waals surface area contributed by atoms with E-state index < -0.39 is 16.1 Å². The Balaban J connectivity index is 2.44. The van der Waals surface area contributed by atoms with Crippen LogP contribution in [0.1, 0.15) is 33.1 Å². The molecule has 7 heteroatoms. The molecule has 0 bridgehead atoms. The highest BCUT2D eigenvalue weighted by atomic mass is 32.2. The van der Waals surface area contributed by atoms with Crippen LogP contribution in [0.3, 0.4) is 0 Å². The monoisotopic (exact) mass is 277 g/mol. The van der Waals surface area contributed by atoms with Gasteiger partial charge in [-0.3, -0.25) is 4.79 Å². The number of hydrogen-bond acceptors (Lipinski definition) is 4. The summed E-state index contributed by atoms with van der Waals surface area (Å²) < 4.78 is 25.2. The second kappa shape index (κ2) is 6.49. The lowest BCUT2D eigenvalue weighted by Gasteiger charge is -2.31. The second-order valence-electron chi connectivity index (χ2n) is 4.79. The molecule has 106 valence electrons. The second-order valence-corrected chi connectivity index (χ2v) is 6.88. The molecule has 1 fully saturated rings. The molecule has 0 aromatic heterocycles. The van der Waals surface area contributed by atoms with Gasteiger partial charge in [0.25, 0.3) is 0 Å². The Morgan fingerprint density at radius 2 is 2.00 bits per heavy atom. The summed E-state index contributed by atoms with van der Waals surface area (Å²) in [4.78, 5) is 11.4. The van der Waals surface area contributed by atoms with Crippen molar-refractivity contribution in [2.24, 2.45) is 5.73 Å². The number of nitrogens with zero attached hydrogens (tertiary/aromatic N) is 1. The van der Waals surface area contributed by atoms with Gasteiger partial charge in [0.05, 0.1) is 11.8 Å². The van der Waals surface area contributed by atoms with E-state index in [0.717, 1.165) is 0 Å². The number of amides is 1. The molecule has 0 spiro atoms. The first-order valence-electron chi connectivity index (χ1n) is 6.40. The lowest BCUT2D eigenvalue weighted by atomic mass is 10.1. The Hall–Kier alpha value is -0.660. The molecule has 1 heterocycles. The standard InChI is InChI=1S/C11H23N3O3S/c1-3-8-18(16,17)14-6-4-10(5-7-14)13-11(15)9(2)12/h9-10H,3-8,12H2,1-2H3,(H,13,15)/t9-/m1/s1. The number of carbonyl (C=O) groups excluding carboxylic acids is 1. The lowest BCUT2D eigenvalue weighted by molar-refractivity contribution is -0.122. The fraction of sp³-hybridized carbons (Fsp3) is 0.909. The fourth-order valence-electron chi connectivity index (χ4n) is 2.00. The van der Waals surface area contributed by atoms with E-state index in [1.54, 1.807) is 6.92 Å². The molecule has 0 radical (unpaired) electrons. The zero-order valence-corrected chi connectivity index (χ0v) is 11.9. The number of carbonyl (C=O) groups is 1. The smallest absolute Gasteiger partial charge is 0.236 e. The SMILES string of the molecule is CCCS(=O)(=O)N1CCC(NC(=O)[C@@H](C)N)CC1. The zero-order valence-electron chi connectivity index (χ0n) is 11.1. The van der Waals surface area contributed by atoms with Gasteiger partial charge in [-0.15, -0.1) is 0 Å². The van der Waals surface area contributed by atoms with Crippen molar-refractivity contribution in [1.29, 1.82) is 0 Å². The molecule has 1 amide bonds. The Kier molecular flexibility index (Phi) is 5.55. The molecule has 0 aromatic carbocycles. The third-order valence-corrected chi connectivity index (χ3v) is 5.15. The number of rotatable bonds is 5. The van der Waals surface area contributed by atoms with Crippen LogP contribution >= 0.6 is 0 Å². The predicted molar refractivity (Wildman–Crippen MR) is 70.5 cm³/mol. The Labute approximate surface area is 109 Å². The zero-order chi connectivity index (χ0) is 13.8. The van der Waals surface area contributed by atoms with Gasteiger partial charge >= 0.3 is 0 Å². The number of piperidine rings is 1. The molecule has 1 saturated heterocycles. The van der Waals surface area contributed by atoms with E-state index in [0.29, 0.717) is 32.4 Å². The van der Waals surface area contributed by atoms with Crippen molar-refractivity contribution in [1.82, 2.24) is 9.62 Å². The van der Waals surface area contributed by atoms with Gasteiger partial charge in [0.15, 0.2) is 0 Å². The van der Waals surface area contributed by atoms with Gasteiger partial charge in [0.2, 0.25) is 15.9 Å². The highest BCUT2D eigenvalue weighted by Gasteiger charge is 2.28. The van der Waals surface area contributed by atoms with E-state index >= 15 is 0 Å². The van der Waals surface area contributed by atoms with Gasteiger partial charge in [-0.25, -0.2) is 12.7 Å². The molecule has 1 rings (SSSR count). The van der Waals surface area contributed by atoms with Crippen molar-refractivity contribution in [2.75, 3.05) is 18.8 Å². The molecule has 0 aromatic rings. The first-order valence-corrected chi connectivity index (χ1v) is 8.01. The van der Waals surface area contributed by atoms with Crippen LogP contribution in [-0.4, -0.2) is 49.6 Å². The van der Waals surface area contributed by atoms with Gasteiger partial charge in [-0.2, -0.15) is 0 Å². The van der Waals surface area contributed by atoms with Crippen LogP contribution in [0.2, 0.25) is 0 Å². The third-order valence-electron chi connectivity index (χ3n) is 3.07. The molecule has 6 nitrogen and oxygen atoms in total. The maximum Gasteiger partial charge on any atom is 0.236 e. The first-order chi connectivity index (χ1) is 8.36. The molecular formula is C11H23N3O3S. The molecule has 18 heavy (non-hydrogen) atoms. The summed E-state index contributed by atoms with van der Waals surface area (Å²) in [5.74, 6) is 0.0222. The molecule has 0 saturated carbocycles. The van der Waals surface area contributed by atoms with Gasteiger partial charge in [-0.1, -0.05) is 6.92 Å². The van der Waals surface area contributed by atoms with Gasteiger partial charge in [0.1, 0.15) is 0 Å². The van der Waals surface area contributed by atoms with E-state index in [1.807, 2.05) is 6.92 Å². The minimum Gasteiger partial charge on any atom is -0.352 e. The van der Waals surface area contributed by atoms with Gasteiger partial charge in [0, 0.05) is 19.1 Å². The Bertz CT molecular complexity index is 373. The summed E-state index contributed by atoms with van der Waals surface area (Å²) in [6, 6.07) is -0.483. The minimum absolute atomic E-state index is 0.0385. The summed E-state index contributed by atoms with van der Waals surface area (Å²) in [5.41, 5.74) is 5.47. The molecule has 0 unspecified atom stereocenters. The number of hydrogen-bond donors (Lipinski definition) is 2. The van der Waals surface area contributed by atoms with Crippen LogP contribution in [0.4, 0.5) is 0 Å². The van der Waals surface area contributed by atoms with Crippen molar-refractivity contribution in [2.45, 2.75) is 45.2 Å². The molecular weight excluding hydrogens is 254 g/mol. The topological polar surface area (TPSA) is 92.5 Å². The van der Waals surface area contributed by atoms with Crippen LogP contribution in [0.5, 0.6) is 0 Å². The van der Waals surface area contributed by atoms with Gasteiger partial charge in [-0.05, 0) is 26.2 Å². The summed E-state index contributed by atoms with van der Waals surface area (Å²) in [5, 5.41) is 2.84. The Morgan fingerprint density at radius 3 is 2.44 bits per heavy atom. The van der Waals surface area contributed by atoms with Crippen molar-refractivity contribution < 1.29 is 13.2 Å². The normalized spacial score (nSPS) is 20.6. The van der Waals surface area contributed by atoms with Crippen LogP contribution in [0.15, 0.2) is 0 Å². The fourth-order valence-corrected chi connectivity index (χ4v) is 3.54. The average molecular weight is 277 g/mol. The largest absolute Gasteiger partial charge is 0.352 e. The predicted octanol–water partition coefficient (Wildman–Crippen LogP) is -0.346. The maximum atomic E-state index is 11.8. The average Bonchev–Trinajstić information content (AvgIpc) is 2.29. The lowest BCUT2D eigenvalue weighted by Crippen LogP contribution is -2.50. The van der Waals surface area contributed by atoms with Crippen LogP contribution in [0.25, 0.3) is 0 Å². The van der Waals surface area contributed by atoms with E-state index in [1.165, 1.54) is 4.31 Å². The summed E-state index contributed by atoms with van der Waals surface area (Å²) >= 11 is 0. The quantitative estimate of drug-likeness (QED) is 0.718. The van der Waals surface area contributed by atoms with Crippen molar-refractivity contribution in [3.63, 3.8) is 0 Å². The maximum absolute atomic E-state index is 11.8. The number of sulfonamides is 1. The van der Waals surface area contributed by atoms with Crippen LogP contribution in [-0.2, 0) is 14.8 Å². The van der Waals surface area contributed by atoms with Crippen molar-refractivity contribution in [3.8, 4) is 0 Å². The van der Waals surface area contributed by atoms with E-state index in [2.05, 4.69) is 5.32 Å². The molecule has 1 aliphatic rings. The van der Waals surface area contributed by atoms with Crippen LogP contribution < -0.4 is 11.1 Å². The summed E-state index contributed by atoms with van der Waals surface area (Å²) in [6.07, 6.45) is 1.94. The number of nitrogens with one attached hydrogen (secondary N) is 1. The highest BCUT2D eigenvalue weighted by molar-refractivity contribution is 7.89. The molecule has 1 atom stereocenters. The van der Waals surface area contributed by atoms with E-state index in [4.69, 9.17) is 5.73 Å². The third kappa shape index (κ3) is 4.22. The highest BCUT2D eigenvalue weighted by Crippen LogP contribution is 2.15. The summed E-state index contributed by atoms with van der Waals surface area (Å²) in [6.45, 7) is 4.45. The molecule has 0 aliphatic carbocycles. The minimum atomic E-state index is -3.11. The summed E-state index contributed by atoms with van der Waals surface area (Å²) in [7, 11) is -3.11. The Morgan fingerprint density at radius 1 is 1.44 bits per heavy atom. The van der Waals surface area contributed by atoms with E-state index in [-0.39, 0.29) is 17.7 Å². The van der Waals surface area contributed by atoms with Crippen LogP contribution in [0, 0.1) is 0 Å². The van der Waals surface area contributed by atoms with Gasteiger partial charge < -0.3 is 11.1 Å². The van der Waals surface area contributed by atoms with E-state index in [9.17, 15) is 13.2 Å². The molecule has 3 N–H and O–H groups in total. The van der Waals surface area contributed by atoms with Crippen molar-refractivity contribution in [3.05, 3.63) is 0 Å². The van der Waals surface area contributed by atoms with Crippen molar-refractivity contribution >= 4 is 15.9 Å².